The Kier molecular flexibility index (Phi) is 3.01. The lowest BCUT2D eigenvalue weighted by atomic mass is 10.2. The predicted molar refractivity (Wildman–Crippen MR) is 61.7 cm³/mol. The molecule has 0 spiro atoms. The molecule has 0 unspecified atom stereocenters. The molecule has 17 heavy (non-hydrogen) atoms. The molecule has 2 rings (SSSR count). The average Bonchev–Trinajstić information content (AvgIpc) is 2.67. The molecule has 88 valence electrons. The van der Waals surface area contributed by atoms with Crippen LogP contribution in [0.25, 0.3) is 0 Å². The molecule has 0 amide bonds. The van der Waals surface area contributed by atoms with Crippen LogP contribution in [0.1, 0.15) is 10.4 Å². The molecule has 0 saturated heterocycles. The number of halogens is 1. The molecule has 0 aliphatic carbocycles. The highest BCUT2D eigenvalue weighted by Gasteiger charge is 2.11. The number of hydrogen-bond donors (Lipinski definition) is 1. The number of nitrogens with zero attached hydrogens (tertiary/aromatic N) is 2. The van der Waals surface area contributed by atoms with E-state index in [1.54, 1.807) is 30.1 Å². The first-order valence-electron chi connectivity index (χ1n) is 4.76. The first-order chi connectivity index (χ1) is 8.08. The number of aryl methyl sites for hydroxylation is 1. The molecule has 1 heterocycles. The second kappa shape index (κ2) is 4.47. The Hall–Kier alpha value is -2.01. The van der Waals surface area contributed by atoms with Crippen molar-refractivity contribution >= 4 is 17.6 Å². The van der Waals surface area contributed by atoms with Crippen molar-refractivity contribution < 1.29 is 14.6 Å². The summed E-state index contributed by atoms with van der Waals surface area (Å²) in [5.74, 6) is -0.721. The Morgan fingerprint density at radius 1 is 1.53 bits per heavy atom. The minimum Gasteiger partial charge on any atom is -0.478 e. The second-order valence-corrected chi connectivity index (χ2v) is 3.78. The lowest BCUT2D eigenvalue weighted by Gasteiger charge is -2.06. The van der Waals surface area contributed by atoms with E-state index >= 15 is 0 Å². The van der Waals surface area contributed by atoms with Gasteiger partial charge in [0.15, 0.2) is 0 Å². The third kappa shape index (κ3) is 2.39. The largest absolute Gasteiger partial charge is 0.478 e. The Balaban J connectivity index is 2.32. The summed E-state index contributed by atoms with van der Waals surface area (Å²) < 4.78 is 7.10. The highest BCUT2D eigenvalue weighted by molar-refractivity contribution is 6.33. The summed E-state index contributed by atoms with van der Waals surface area (Å²) in [7, 11) is 1.77. The summed E-state index contributed by atoms with van der Waals surface area (Å²) in [5, 5.41) is 9.08. The van der Waals surface area contributed by atoms with Crippen molar-refractivity contribution in [2.75, 3.05) is 0 Å². The normalized spacial score (nSPS) is 10.2. The fourth-order valence-corrected chi connectivity index (χ4v) is 1.49. The second-order valence-electron chi connectivity index (χ2n) is 3.37. The molecular formula is C11H9ClN2O3. The standard InChI is InChI=1S/C11H9ClN2O3/c1-14-5-4-13-11(14)17-7-2-3-9(12)8(6-7)10(15)16/h2-6H,1H3,(H,15,16). The number of benzene rings is 1. The maximum Gasteiger partial charge on any atom is 0.337 e. The van der Waals surface area contributed by atoms with Crippen molar-refractivity contribution in [1.82, 2.24) is 9.55 Å². The Morgan fingerprint density at radius 2 is 2.29 bits per heavy atom. The number of carboxylic acid groups (broad SMARTS) is 1. The number of aromatic nitrogens is 2. The van der Waals surface area contributed by atoms with Crippen LogP contribution in [-0.4, -0.2) is 20.6 Å². The lowest BCUT2D eigenvalue weighted by Crippen LogP contribution is -1.99. The van der Waals surface area contributed by atoms with E-state index in [1.807, 2.05) is 0 Å². The molecule has 5 nitrogen and oxygen atoms in total. The number of hydrogen-bond acceptors (Lipinski definition) is 3. The molecule has 0 radical (unpaired) electrons. The smallest absolute Gasteiger partial charge is 0.337 e. The van der Waals surface area contributed by atoms with E-state index < -0.39 is 5.97 Å². The zero-order valence-electron chi connectivity index (χ0n) is 8.92. The summed E-state index contributed by atoms with van der Waals surface area (Å²) in [6.45, 7) is 0. The Labute approximate surface area is 102 Å². The van der Waals surface area contributed by atoms with Gasteiger partial charge in [-0.2, -0.15) is 0 Å². The van der Waals surface area contributed by atoms with Gasteiger partial charge in [0.25, 0.3) is 0 Å². The molecule has 0 bridgehead atoms. The van der Waals surface area contributed by atoms with Gasteiger partial charge in [-0.25, -0.2) is 9.78 Å². The minimum absolute atomic E-state index is 0.00150. The van der Waals surface area contributed by atoms with Crippen LogP contribution in [0.3, 0.4) is 0 Å². The summed E-state index contributed by atoms with van der Waals surface area (Å²) in [6, 6.07) is 4.80. The van der Waals surface area contributed by atoms with Gasteiger partial charge in [0.1, 0.15) is 5.75 Å². The molecule has 0 aliphatic heterocycles. The van der Waals surface area contributed by atoms with Crippen molar-refractivity contribution in [2.24, 2.45) is 7.05 Å². The van der Waals surface area contributed by atoms with Crippen molar-refractivity contribution in [3.05, 3.63) is 41.2 Å². The molecule has 1 aromatic carbocycles. The van der Waals surface area contributed by atoms with Crippen LogP contribution in [0.15, 0.2) is 30.6 Å². The molecular weight excluding hydrogens is 244 g/mol. The number of rotatable bonds is 3. The van der Waals surface area contributed by atoms with E-state index in [2.05, 4.69) is 4.98 Å². The number of imidazole rings is 1. The van der Waals surface area contributed by atoms with Gasteiger partial charge in [-0.05, 0) is 18.2 Å². The zero-order valence-corrected chi connectivity index (χ0v) is 9.68. The molecule has 0 fully saturated rings. The molecule has 0 atom stereocenters. The number of carbonyl (C=O) groups is 1. The minimum atomic E-state index is -1.10. The lowest BCUT2D eigenvalue weighted by molar-refractivity contribution is 0.0696. The monoisotopic (exact) mass is 252 g/mol. The summed E-state index contributed by atoms with van der Waals surface area (Å²) >= 11 is 5.75. The fourth-order valence-electron chi connectivity index (χ4n) is 1.29. The number of ether oxygens (including phenoxy) is 1. The van der Waals surface area contributed by atoms with Crippen molar-refractivity contribution in [3.8, 4) is 11.8 Å². The van der Waals surface area contributed by atoms with Crippen LogP contribution in [0.2, 0.25) is 5.02 Å². The molecule has 0 saturated carbocycles. The van der Waals surface area contributed by atoms with E-state index in [1.165, 1.54) is 12.1 Å². The first-order valence-corrected chi connectivity index (χ1v) is 5.14. The van der Waals surface area contributed by atoms with Crippen LogP contribution < -0.4 is 4.74 Å². The van der Waals surface area contributed by atoms with Crippen LogP contribution in [0, 0.1) is 0 Å². The SMILES string of the molecule is Cn1ccnc1Oc1ccc(Cl)c(C(=O)O)c1. The van der Waals surface area contributed by atoms with Crippen LogP contribution in [0.4, 0.5) is 0 Å². The van der Waals surface area contributed by atoms with Gasteiger partial charge < -0.3 is 14.4 Å². The van der Waals surface area contributed by atoms with Crippen LogP contribution >= 0.6 is 11.6 Å². The fraction of sp³-hybridized carbons (Fsp3) is 0.0909. The summed E-state index contributed by atoms with van der Waals surface area (Å²) in [5.41, 5.74) is -0.00150. The van der Waals surface area contributed by atoms with Gasteiger partial charge in [-0.3, -0.25) is 0 Å². The maximum absolute atomic E-state index is 10.9. The van der Waals surface area contributed by atoms with E-state index in [0.29, 0.717) is 11.8 Å². The topological polar surface area (TPSA) is 64.4 Å². The molecule has 0 aliphatic rings. The van der Waals surface area contributed by atoms with E-state index in [9.17, 15) is 4.79 Å². The zero-order chi connectivity index (χ0) is 12.4. The third-order valence-electron chi connectivity index (χ3n) is 2.15. The maximum atomic E-state index is 10.9. The summed E-state index contributed by atoms with van der Waals surface area (Å²) in [6.07, 6.45) is 3.31. The van der Waals surface area contributed by atoms with Gasteiger partial charge in [0.05, 0.1) is 10.6 Å². The van der Waals surface area contributed by atoms with Crippen molar-refractivity contribution in [3.63, 3.8) is 0 Å². The highest BCUT2D eigenvalue weighted by Crippen LogP contribution is 2.25. The molecule has 1 N–H and O–H groups in total. The highest BCUT2D eigenvalue weighted by atomic mass is 35.5. The first kappa shape index (κ1) is 11.5. The summed E-state index contributed by atoms with van der Waals surface area (Å²) in [4.78, 5) is 14.9. The molecule has 6 heteroatoms. The predicted octanol–water partition coefficient (Wildman–Crippen LogP) is 2.56. The van der Waals surface area contributed by atoms with Crippen LogP contribution in [-0.2, 0) is 7.05 Å². The van der Waals surface area contributed by atoms with Crippen LogP contribution in [0.5, 0.6) is 11.8 Å². The van der Waals surface area contributed by atoms with Gasteiger partial charge in [-0.1, -0.05) is 11.6 Å². The van der Waals surface area contributed by atoms with Gasteiger partial charge in [0.2, 0.25) is 0 Å². The number of aromatic carboxylic acids is 1. The average molecular weight is 253 g/mol. The molecule has 1 aromatic heterocycles. The quantitative estimate of drug-likeness (QED) is 0.912. The van der Waals surface area contributed by atoms with E-state index in [0.717, 1.165) is 0 Å². The van der Waals surface area contributed by atoms with Gasteiger partial charge >= 0.3 is 12.0 Å². The molecule has 2 aromatic rings. The Morgan fingerprint density at radius 3 is 2.88 bits per heavy atom. The number of carboxylic acids is 1. The third-order valence-corrected chi connectivity index (χ3v) is 2.48. The van der Waals surface area contributed by atoms with Gasteiger partial charge in [-0.15, -0.1) is 0 Å². The van der Waals surface area contributed by atoms with Gasteiger partial charge in [0, 0.05) is 19.4 Å². The van der Waals surface area contributed by atoms with Crippen molar-refractivity contribution in [2.45, 2.75) is 0 Å². The van der Waals surface area contributed by atoms with Crippen molar-refractivity contribution in [1.29, 1.82) is 0 Å². The Bertz CT molecular complexity index is 566. The van der Waals surface area contributed by atoms with E-state index in [-0.39, 0.29) is 10.6 Å². The van der Waals surface area contributed by atoms with E-state index in [4.69, 9.17) is 21.4 Å².